The number of nitrogens with two attached hydrogens (primary N) is 1. The minimum absolute atomic E-state index is 0.00402. The lowest BCUT2D eigenvalue weighted by Gasteiger charge is -2.31. The maximum atomic E-state index is 13.0. The summed E-state index contributed by atoms with van der Waals surface area (Å²) in [4.78, 5) is 38.1. The molecule has 0 saturated carbocycles. The summed E-state index contributed by atoms with van der Waals surface area (Å²) in [7, 11) is 0. The number of aromatic nitrogens is 4. The largest absolute Gasteiger partial charge is 0.463 e. The van der Waals surface area contributed by atoms with Gasteiger partial charge >= 0.3 is 5.97 Å². The number of aliphatic hydroxyl groups excluding tert-OH is 1. The van der Waals surface area contributed by atoms with Gasteiger partial charge in [-0.25, -0.2) is 9.78 Å². The molecular weight excluding hydrogens is 490 g/mol. The van der Waals surface area contributed by atoms with E-state index in [0.717, 1.165) is 5.56 Å². The minimum atomic E-state index is -1.86. The van der Waals surface area contributed by atoms with Crippen molar-refractivity contribution in [2.45, 2.75) is 51.2 Å². The van der Waals surface area contributed by atoms with Crippen LogP contribution < -0.4 is 5.73 Å². The Morgan fingerprint density at radius 3 is 2.67 bits per heavy atom. The molecule has 0 aliphatic carbocycles. The van der Waals surface area contributed by atoms with Crippen molar-refractivity contribution >= 4 is 40.3 Å². The second kappa shape index (κ2) is 10.5. The number of imidazole rings is 1. The molecule has 0 amide bonds. The molecule has 1 unspecified atom stereocenters. The fourth-order valence-electron chi connectivity index (χ4n) is 4.29. The molecule has 1 aromatic carbocycles. The zero-order chi connectivity index (χ0) is 26.0. The molecule has 1 aliphatic heterocycles. The van der Waals surface area contributed by atoms with E-state index in [1.807, 2.05) is 18.2 Å². The second-order valence-electron chi connectivity index (χ2n) is 8.69. The van der Waals surface area contributed by atoms with Gasteiger partial charge in [-0.15, -0.1) is 0 Å². The van der Waals surface area contributed by atoms with Gasteiger partial charge in [0.15, 0.2) is 23.5 Å². The molecule has 3 N–H and O–H groups in total. The van der Waals surface area contributed by atoms with E-state index < -0.39 is 41.7 Å². The fraction of sp³-hybridized carbons (Fsp3) is 0.458. The molecule has 2 aromatic heterocycles. The smallest absolute Gasteiger partial charge is 0.346 e. The molecular formula is C24H28ClN5O6. The van der Waals surface area contributed by atoms with E-state index in [4.69, 9.17) is 31.5 Å². The molecule has 0 bridgehead atoms. The Labute approximate surface area is 212 Å². The number of nitrogens with zero attached hydrogens (tertiary/aromatic N) is 4. The number of halogens is 1. The van der Waals surface area contributed by atoms with Crippen LogP contribution in [0.3, 0.4) is 0 Å². The van der Waals surface area contributed by atoms with Crippen molar-refractivity contribution in [1.29, 1.82) is 0 Å². The van der Waals surface area contributed by atoms with E-state index in [1.165, 1.54) is 17.8 Å². The third-order valence-corrected chi connectivity index (χ3v) is 6.56. The number of nitrogen functional groups attached to an aromatic ring is 1. The van der Waals surface area contributed by atoms with Gasteiger partial charge in [0.1, 0.15) is 11.6 Å². The highest BCUT2D eigenvalue weighted by atomic mass is 35.5. The Balaban J connectivity index is 1.59. The van der Waals surface area contributed by atoms with Gasteiger partial charge < -0.3 is 25.1 Å². The van der Waals surface area contributed by atoms with Crippen molar-refractivity contribution in [2.75, 3.05) is 18.9 Å². The highest BCUT2D eigenvalue weighted by molar-refractivity contribution is 6.28. The van der Waals surface area contributed by atoms with Gasteiger partial charge in [0.2, 0.25) is 10.9 Å². The Morgan fingerprint density at radius 2 is 2.00 bits per heavy atom. The first kappa shape index (κ1) is 26.0. The fourth-order valence-corrected chi connectivity index (χ4v) is 4.46. The standard InChI is InChI=1S/C24H28ClN5O6/c1-4-34-22(33)24(14(3)31,10-15-8-6-5-7-9-15)35-11-16-13(2)18(32)21(36-16)30-12-27-17-19(26)28-23(25)29-20(17)30/h5-9,12-13,16,18,21,32H,4,10-11H2,1-3H3,(H2,26,28,29)/t13-,16+,18+,21+,24?/m0/s1. The molecule has 1 saturated heterocycles. The van der Waals surface area contributed by atoms with Gasteiger partial charge in [0.25, 0.3) is 0 Å². The number of carbonyl (C=O) groups excluding carboxylic acids is 2. The number of rotatable bonds is 9. The van der Waals surface area contributed by atoms with Crippen LogP contribution in [0.2, 0.25) is 5.28 Å². The molecule has 12 heteroatoms. The van der Waals surface area contributed by atoms with Crippen LogP contribution in [0.25, 0.3) is 11.2 Å². The molecule has 11 nitrogen and oxygen atoms in total. The first-order valence-corrected chi connectivity index (χ1v) is 11.9. The summed E-state index contributed by atoms with van der Waals surface area (Å²) in [5, 5.41) is 10.9. The number of ketones is 1. The van der Waals surface area contributed by atoms with E-state index in [-0.39, 0.29) is 30.7 Å². The van der Waals surface area contributed by atoms with E-state index in [9.17, 15) is 14.7 Å². The third kappa shape index (κ3) is 4.79. The molecule has 0 spiro atoms. The lowest BCUT2D eigenvalue weighted by atomic mass is 9.90. The number of hydrogen-bond donors (Lipinski definition) is 2. The Bertz CT molecular complexity index is 1250. The maximum absolute atomic E-state index is 13.0. The summed E-state index contributed by atoms with van der Waals surface area (Å²) in [5.41, 5.74) is 5.39. The summed E-state index contributed by atoms with van der Waals surface area (Å²) in [6, 6.07) is 9.07. The molecule has 0 radical (unpaired) electrons. The van der Waals surface area contributed by atoms with E-state index in [2.05, 4.69) is 15.0 Å². The zero-order valence-electron chi connectivity index (χ0n) is 20.1. The molecule has 192 valence electrons. The molecule has 5 atom stereocenters. The van der Waals surface area contributed by atoms with Crippen LogP contribution in [0, 0.1) is 5.92 Å². The van der Waals surface area contributed by atoms with E-state index in [1.54, 1.807) is 26.0 Å². The van der Waals surface area contributed by atoms with Gasteiger partial charge in [-0.05, 0) is 31.0 Å². The zero-order valence-corrected chi connectivity index (χ0v) is 20.9. The first-order chi connectivity index (χ1) is 17.2. The lowest BCUT2D eigenvalue weighted by molar-refractivity contribution is -0.182. The van der Waals surface area contributed by atoms with Crippen molar-refractivity contribution in [2.24, 2.45) is 5.92 Å². The number of anilines is 1. The summed E-state index contributed by atoms with van der Waals surface area (Å²) in [6.45, 7) is 4.67. The number of Topliss-reactive ketones (excluding diaryl/α,β-unsaturated/α-hetero) is 1. The van der Waals surface area contributed by atoms with Crippen molar-refractivity contribution in [3.63, 3.8) is 0 Å². The van der Waals surface area contributed by atoms with Gasteiger partial charge in [0, 0.05) is 12.3 Å². The number of benzene rings is 1. The lowest BCUT2D eigenvalue weighted by Crippen LogP contribution is -2.52. The van der Waals surface area contributed by atoms with Crippen molar-refractivity contribution in [3.05, 3.63) is 47.5 Å². The Morgan fingerprint density at radius 1 is 1.28 bits per heavy atom. The first-order valence-electron chi connectivity index (χ1n) is 11.5. The second-order valence-corrected chi connectivity index (χ2v) is 9.03. The average Bonchev–Trinajstić information content (AvgIpc) is 3.38. The number of carbonyl (C=O) groups is 2. The number of hydrogen-bond acceptors (Lipinski definition) is 10. The predicted molar refractivity (Wildman–Crippen MR) is 130 cm³/mol. The number of fused-ring (bicyclic) bond motifs is 1. The molecule has 1 aliphatic rings. The molecule has 1 fully saturated rings. The van der Waals surface area contributed by atoms with Crippen LogP contribution >= 0.6 is 11.6 Å². The van der Waals surface area contributed by atoms with Gasteiger partial charge in [-0.2, -0.15) is 9.97 Å². The third-order valence-electron chi connectivity index (χ3n) is 6.39. The molecule has 4 rings (SSSR count). The van der Waals surface area contributed by atoms with Crippen LogP contribution in [0.5, 0.6) is 0 Å². The number of esters is 1. The van der Waals surface area contributed by atoms with Crippen molar-refractivity contribution in [3.8, 4) is 0 Å². The SMILES string of the molecule is CCOC(=O)C(Cc1ccccc1)(OC[C@H]1O[C@@H](n2cnc3c(N)nc(Cl)nc32)[C@H](O)[C@H]1C)C(C)=O. The van der Waals surface area contributed by atoms with E-state index in [0.29, 0.717) is 11.2 Å². The van der Waals surface area contributed by atoms with Gasteiger partial charge in [-0.1, -0.05) is 37.3 Å². The number of ether oxygens (including phenoxy) is 3. The normalized spacial score (nSPS) is 23.5. The quantitative estimate of drug-likeness (QED) is 0.245. The summed E-state index contributed by atoms with van der Waals surface area (Å²) in [5.74, 6) is -1.59. The van der Waals surface area contributed by atoms with Gasteiger partial charge in [-0.3, -0.25) is 9.36 Å². The van der Waals surface area contributed by atoms with Crippen LogP contribution in [0.4, 0.5) is 5.82 Å². The van der Waals surface area contributed by atoms with Crippen LogP contribution in [-0.4, -0.2) is 67.4 Å². The molecule has 3 heterocycles. The van der Waals surface area contributed by atoms with Crippen molar-refractivity contribution in [1.82, 2.24) is 19.5 Å². The highest BCUT2D eigenvalue weighted by Crippen LogP contribution is 2.37. The highest BCUT2D eigenvalue weighted by Gasteiger charge is 2.49. The summed E-state index contributed by atoms with van der Waals surface area (Å²) < 4.78 is 18.9. The maximum Gasteiger partial charge on any atom is 0.346 e. The molecule has 36 heavy (non-hydrogen) atoms. The predicted octanol–water partition coefficient (Wildman–Crippen LogP) is 2.11. The van der Waals surface area contributed by atoms with Crippen molar-refractivity contribution < 1.29 is 28.9 Å². The summed E-state index contributed by atoms with van der Waals surface area (Å²) in [6.07, 6.45) is -1.09. The monoisotopic (exact) mass is 517 g/mol. The molecule has 3 aromatic rings. The van der Waals surface area contributed by atoms with Crippen LogP contribution in [0.1, 0.15) is 32.6 Å². The topological polar surface area (TPSA) is 152 Å². The van der Waals surface area contributed by atoms with Gasteiger partial charge in [0.05, 0.1) is 25.6 Å². The minimum Gasteiger partial charge on any atom is -0.463 e. The Kier molecular flexibility index (Phi) is 7.55. The van der Waals surface area contributed by atoms with E-state index >= 15 is 0 Å². The van der Waals surface area contributed by atoms with Crippen LogP contribution in [0.15, 0.2) is 36.7 Å². The van der Waals surface area contributed by atoms with Crippen LogP contribution in [-0.2, 0) is 30.2 Å². The Hall–Kier alpha value is -3.12. The average molecular weight is 518 g/mol. The number of aliphatic hydroxyl groups is 1. The summed E-state index contributed by atoms with van der Waals surface area (Å²) >= 11 is 5.96.